The van der Waals surface area contributed by atoms with E-state index in [1.807, 2.05) is 12.1 Å². The summed E-state index contributed by atoms with van der Waals surface area (Å²) in [4.78, 5) is 2.38. The first-order valence-corrected chi connectivity index (χ1v) is 7.34. The van der Waals surface area contributed by atoms with Crippen molar-refractivity contribution < 1.29 is 14.2 Å². The number of piperidine rings is 1. The zero-order chi connectivity index (χ0) is 15.4. The second-order valence-electron chi connectivity index (χ2n) is 5.79. The van der Waals surface area contributed by atoms with E-state index in [0.717, 1.165) is 37.4 Å². The van der Waals surface area contributed by atoms with E-state index in [4.69, 9.17) is 19.9 Å². The third-order valence-electron chi connectivity index (χ3n) is 3.95. The maximum Gasteiger partial charge on any atom is 0.203 e. The first-order valence-electron chi connectivity index (χ1n) is 7.34. The molecule has 5 heteroatoms. The molecule has 0 aliphatic carbocycles. The lowest BCUT2D eigenvalue weighted by Crippen LogP contribution is -2.45. The predicted octanol–water partition coefficient (Wildman–Crippen LogP) is 1.88. The van der Waals surface area contributed by atoms with Crippen LogP contribution in [0, 0.1) is 5.92 Å². The van der Waals surface area contributed by atoms with Crippen LogP contribution in [0.15, 0.2) is 12.1 Å². The Labute approximate surface area is 127 Å². The molecule has 21 heavy (non-hydrogen) atoms. The molecule has 5 nitrogen and oxygen atoms in total. The van der Waals surface area contributed by atoms with Gasteiger partial charge in [-0.15, -0.1) is 0 Å². The van der Waals surface area contributed by atoms with Gasteiger partial charge in [-0.05, 0) is 18.4 Å². The monoisotopic (exact) mass is 294 g/mol. The third-order valence-corrected chi connectivity index (χ3v) is 3.95. The van der Waals surface area contributed by atoms with Gasteiger partial charge in [-0.2, -0.15) is 0 Å². The number of nitrogens with two attached hydrogens (primary N) is 1. The lowest BCUT2D eigenvalue weighted by molar-refractivity contribution is 0.156. The number of hydrogen-bond acceptors (Lipinski definition) is 5. The number of hydrogen-bond donors (Lipinski definition) is 1. The Morgan fingerprint density at radius 3 is 2.38 bits per heavy atom. The minimum absolute atomic E-state index is 0.250. The van der Waals surface area contributed by atoms with Crippen LogP contribution in [0.3, 0.4) is 0 Å². The highest BCUT2D eigenvalue weighted by atomic mass is 16.5. The number of benzene rings is 1. The summed E-state index contributed by atoms with van der Waals surface area (Å²) >= 11 is 0. The van der Waals surface area contributed by atoms with Gasteiger partial charge in [0.15, 0.2) is 11.5 Å². The quantitative estimate of drug-likeness (QED) is 0.898. The van der Waals surface area contributed by atoms with Crippen molar-refractivity contribution in [3.8, 4) is 17.2 Å². The molecule has 0 bridgehead atoms. The van der Waals surface area contributed by atoms with Crippen LogP contribution in [0.2, 0.25) is 0 Å². The summed E-state index contributed by atoms with van der Waals surface area (Å²) in [7, 11) is 4.91. The van der Waals surface area contributed by atoms with Crippen molar-refractivity contribution in [2.24, 2.45) is 11.7 Å². The summed E-state index contributed by atoms with van der Waals surface area (Å²) in [6.07, 6.45) is 1.10. The van der Waals surface area contributed by atoms with Crippen LogP contribution in [0.5, 0.6) is 17.2 Å². The Hall–Kier alpha value is -1.46. The molecule has 0 saturated carbocycles. The van der Waals surface area contributed by atoms with Crippen LogP contribution in [-0.2, 0) is 6.54 Å². The average Bonchev–Trinajstić information content (AvgIpc) is 2.45. The smallest absolute Gasteiger partial charge is 0.203 e. The van der Waals surface area contributed by atoms with Crippen molar-refractivity contribution >= 4 is 0 Å². The van der Waals surface area contributed by atoms with Gasteiger partial charge in [-0.1, -0.05) is 13.0 Å². The molecule has 0 spiro atoms. The molecule has 1 aliphatic rings. The fourth-order valence-corrected chi connectivity index (χ4v) is 3.17. The Morgan fingerprint density at radius 1 is 1.10 bits per heavy atom. The van der Waals surface area contributed by atoms with Gasteiger partial charge in [-0.25, -0.2) is 0 Å². The molecule has 2 unspecified atom stereocenters. The average molecular weight is 294 g/mol. The minimum Gasteiger partial charge on any atom is -0.493 e. The highest BCUT2D eigenvalue weighted by Gasteiger charge is 2.24. The largest absolute Gasteiger partial charge is 0.493 e. The van der Waals surface area contributed by atoms with Crippen molar-refractivity contribution in [2.75, 3.05) is 34.4 Å². The fourth-order valence-electron chi connectivity index (χ4n) is 3.17. The topological polar surface area (TPSA) is 57.0 Å². The van der Waals surface area contributed by atoms with E-state index in [-0.39, 0.29) is 6.04 Å². The van der Waals surface area contributed by atoms with Crippen molar-refractivity contribution in [3.63, 3.8) is 0 Å². The SMILES string of the molecule is COc1ccc(CN2CC(C)CC(N)C2)c(OC)c1OC. The van der Waals surface area contributed by atoms with Crippen molar-refractivity contribution in [1.29, 1.82) is 0 Å². The molecule has 118 valence electrons. The molecule has 2 N–H and O–H groups in total. The first-order chi connectivity index (χ1) is 10.1. The molecular formula is C16H26N2O3. The van der Waals surface area contributed by atoms with Gasteiger partial charge in [-0.3, -0.25) is 4.90 Å². The van der Waals surface area contributed by atoms with E-state index in [9.17, 15) is 0 Å². The Balaban J connectivity index is 2.23. The third kappa shape index (κ3) is 3.60. The number of nitrogens with zero attached hydrogens (tertiary/aromatic N) is 1. The molecule has 0 radical (unpaired) electrons. The molecule has 1 fully saturated rings. The van der Waals surface area contributed by atoms with Crippen LogP contribution >= 0.6 is 0 Å². The highest BCUT2D eigenvalue weighted by Crippen LogP contribution is 2.40. The molecular weight excluding hydrogens is 268 g/mol. The molecule has 2 rings (SSSR count). The molecule has 1 heterocycles. The van der Waals surface area contributed by atoms with E-state index in [1.54, 1.807) is 21.3 Å². The van der Waals surface area contributed by atoms with Crippen molar-refractivity contribution in [1.82, 2.24) is 4.90 Å². The van der Waals surface area contributed by atoms with Crippen LogP contribution < -0.4 is 19.9 Å². The lowest BCUT2D eigenvalue weighted by atomic mass is 9.96. The molecule has 1 aromatic rings. The second kappa shape index (κ2) is 7.00. The Morgan fingerprint density at radius 2 is 1.81 bits per heavy atom. The van der Waals surface area contributed by atoms with Gasteiger partial charge < -0.3 is 19.9 Å². The maximum atomic E-state index is 6.12. The van der Waals surface area contributed by atoms with Crippen molar-refractivity contribution in [2.45, 2.75) is 25.9 Å². The van der Waals surface area contributed by atoms with Gasteiger partial charge >= 0.3 is 0 Å². The van der Waals surface area contributed by atoms with Crippen LogP contribution in [0.25, 0.3) is 0 Å². The summed E-state index contributed by atoms with van der Waals surface area (Å²) in [5.41, 5.74) is 7.22. The summed E-state index contributed by atoms with van der Waals surface area (Å²) in [6.45, 7) is 5.03. The predicted molar refractivity (Wildman–Crippen MR) is 83.1 cm³/mol. The van der Waals surface area contributed by atoms with E-state index in [2.05, 4.69) is 11.8 Å². The number of methoxy groups -OCH3 is 3. The number of rotatable bonds is 5. The lowest BCUT2D eigenvalue weighted by Gasteiger charge is -2.35. The van der Waals surface area contributed by atoms with E-state index in [0.29, 0.717) is 17.4 Å². The normalized spacial score (nSPS) is 22.9. The highest BCUT2D eigenvalue weighted by molar-refractivity contribution is 5.55. The molecule has 1 aromatic carbocycles. The van der Waals surface area contributed by atoms with Gasteiger partial charge in [0.1, 0.15) is 0 Å². The van der Waals surface area contributed by atoms with Crippen LogP contribution in [0.1, 0.15) is 18.9 Å². The second-order valence-corrected chi connectivity index (χ2v) is 5.79. The minimum atomic E-state index is 0.250. The van der Waals surface area contributed by atoms with E-state index in [1.165, 1.54) is 0 Å². The summed E-state index contributed by atoms with van der Waals surface area (Å²) in [5.74, 6) is 2.69. The standard InChI is InChI=1S/C16H26N2O3/c1-11-7-13(17)10-18(8-11)9-12-5-6-14(19-2)16(21-4)15(12)20-3/h5-6,11,13H,7-10,17H2,1-4H3. The molecule has 1 aliphatic heterocycles. The summed E-state index contributed by atoms with van der Waals surface area (Å²) in [5, 5.41) is 0. The van der Waals surface area contributed by atoms with Gasteiger partial charge in [0, 0.05) is 31.2 Å². The van der Waals surface area contributed by atoms with Gasteiger partial charge in [0.2, 0.25) is 5.75 Å². The van der Waals surface area contributed by atoms with Gasteiger partial charge in [0.05, 0.1) is 21.3 Å². The van der Waals surface area contributed by atoms with E-state index >= 15 is 0 Å². The summed E-state index contributed by atoms with van der Waals surface area (Å²) in [6, 6.07) is 4.20. The molecule has 0 amide bonds. The maximum absolute atomic E-state index is 6.12. The van der Waals surface area contributed by atoms with Gasteiger partial charge in [0.25, 0.3) is 0 Å². The molecule has 2 atom stereocenters. The number of ether oxygens (including phenoxy) is 3. The zero-order valence-corrected chi connectivity index (χ0v) is 13.4. The zero-order valence-electron chi connectivity index (χ0n) is 13.4. The Bertz CT molecular complexity index is 469. The van der Waals surface area contributed by atoms with Crippen LogP contribution in [0.4, 0.5) is 0 Å². The van der Waals surface area contributed by atoms with Crippen LogP contribution in [-0.4, -0.2) is 45.4 Å². The fraction of sp³-hybridized carbons (Fsp3) is 0.625. The Kier molecular flexibility index (Phi) is 5.31. The summed E-state index contributed by atoms with van der Waals surface area (Å²) < 4.78 is 16.3. The number of likely N-dealkylation sites (tertiary alicyclic amines) is 1. The van der Waals surface area contributed by atoms with Crippen molar-refractivity contribution in [3.05, 3.63) is 17.7 Å². The first kappa shape index (κ1) is 15.9. The molecule has 1 saturated heterocycles. The molecule has 0 aromatic heterocycles. The van der Waals surface area contributed by atoms with E-state index < -0.39 is 0 Å².